The summed E-state index contributed by atoms with van der Waals surface area (Å²) >= 11 is 0. The van der Waals surface area contributed by atoms with Gasteiger partial charge >= 0.3 is 0 Å². The highest BCUT2D eigenvalue weighted by molar-refractivity contribution is 5.79. The SMILES string of the molecule is CCNC(=NCC1CCCC1O)NCCCOCC(C)C. The van der Waals surface area contributed by atoms with Crippen molar-refractivity contribution in [3.8, 4) is 0 Å². The van der Waals surface area contributed by atoms with Crippen LogP contribution in [0.4, 0.5) is 0 Å². The maximum absolute atomic E-state index is 9.82. The molecular formula is C16H33N3O2. The Balaban J connectivity index is 2.19. The van der Waals surface area contributed by atoms with E-state index in [0.29, 0.717) is 18.4 Å². The average molecular weight is 299 g/mol. The first-order valence-electron chi connectivity index (χ1n) is 8.41. The molecule has 0 heterocycles. The van der Waals surface area contributed by atoms with E-state index >= 15 is 0 Å². The van der Waals surface area contributed by atoms with Crippen LogP contribution in [0.5, 0.6) is 0 Å². The fraction of sp³-hybridized carbons (Fsp3) is 0.938. The highest BCUT2D eigenvalue weighted by atomic mass is 16.5. The summed E-state index contributed by atoms with van der Waals surface area (Å²) in [7, 11) is 0. The lowest BCUT2D eigenvalue weighted by Crippen LogP contribution is -2.38. The normalized spacial score (nSPS) is 22.8. The first-order valence-corrected chi connectivity index (χ1v) is 8.41. The number of aliphatic imine (C=N–C) groups is 1. The number of ether oxygens (including phenoxy) is 1. The van der Waals surface area contributed by atoms with Crippen LogP contribution in [0.2, 0.25) is 0 Å². The van der Waals surface area contributed by atoms with Crippen molar-refractivity contribution in [2.45, 2.75) is 52.6 Å². The smallest absolute Gasteiger partial charge is 0.191 e. The number of guanidine groups is 1. The summed E-state index contributed by atoms with van der Waals surface area (Å²) in [5.41, 5.74) is 0. The van der Waals surface area contributed by atoms with Crippen LogP contribution in [0.25, 0.3) is 0 Å². The Morgan fingerprint density at radius 3 is 2.76 bits per heavy atom. The van der Waals surface area contributed by atoms with Crippen LogP contribution in [0.1, 0.15) is 46.5 Å². The molecular weight excluding hydrogens is 266 g/mol. The summed E-state index contributed by atoms with van der Waals surface area (Å²) in [5, 5.41) is 16.4. The molecule has 1 fully saturated rings. The van der Waals surface area contributed by atoms with Crippen molar-refractivity contribution >= 4 is 5.96 Å². The molecule has 0 bridgehead atoms. The van der Waals surface area contributed by atoms with Gasteiger partial charge in [0, 0.05) is 38.8 Å². The van der Waals surface area contributed by atoms with Gasteiger partial charge in [0.05, 0.1) is 6.10 Å². The van der Waals surface area contributed by atoms with Crippen LogP contribution in [-0.2, 0) is 4.74 Å². The predicted octanol–water partition coefficient (Wildman–Crippen LogP) is 1.77. The van der Waals surface area contributed by atoms with E-state index in [2.05, 4.69) is 36.4 Å². The second-order valence-electron chi connectivity index (χ2n) is 6.23. The molecule has 5 heteroatoms. The molecule has 0 aromatic carbocycles. The van der Waals surface area contributed by atoms with Gasteiger partial charge in [-0.15, -0.1) is 0 Å². The number of aliphatic hydroxyl groups excluding tert-OH is 1. The van der Waals surface area contributed by atoms with E-state index in [1.165, 1.54) is 0 Å². The van der Waals surface area contributed by atoms with Gasteiger partial charge < -0.3 is 20.5 Å². The molecule has 0 saturated heterocycles. The fourth-order valence-electron chi connectivity index (χ4n) is 2.48. The summed E-state index contributed by atoms with van der Waals surface area (Å²) in [5.74, 6) is 1.77. The molecule has 21 heavy (non-hydrogen) atoms. The van der Waals surface area contributed by atoms with Crippen molar-refractivity contribution in [1.29, 1.82) is 0 Å². The van der Waals surface area contributed by atoms with E-state index in [-0.39, 0.29) is 6.10 Å². The molecule has 2 atom stereocenters. The van der Waals surface area contributed by atoms with Gasteiger partial charge in [0.1, 0.15) is 0 Å². The van der Waals surface area contributed by atoms with E-state index in [0.717, 1.165) is 57.9 Å². The van der Waals surface area contributed by atoms with Gasteiger partial charge in [0.15, 0.2) is 5.96 Å². The van der Waals surface area contributed by atoms with Crippen LogP contribution < -0.4 is 10.6 Å². The van der Waals surface area contributed by atoms with Crippen LogP contribution in [0, 0.1) is 11.8 Å². The maximum atomic E-state index is 9.82. The van der Waals surface area contributed by atoms with Crippen molar-refractivity contribution in [2.75, 3.05) is 32.8 Å². The van der Waals surface area contributed by atoms with E-state index < -0.39 is 0 Å². The zero-order chi connectivity index (χ0) is 15.5. The molecule has 1 aliphatic carbocycles. The summed E-state index contributed by atoms with van der Waals surface area (Å²) < 4.78 is 5.56. The Morgan fingerprint density at radius 1 is 1.33 bits per heavy atom. The number of nitrogens with zero attached hydrogens (tertiary/aromatic N) is 1. The molecule has 0 aromatic rings. The number of rotatable bonds is 9. The van der Waals surface area contributed by atoms with Gasteiger partial charge in [-0.05, 0) is 32.1 Å². The van der Waals surface area contributed by atoms with Gasteiger partial charge in [0.2, 0.25) is 0 Å². The quantitative estimate of drug-likeness (QED) is 0.345. The molecule has 0 aliphatic heterocycles. The van der Waals surface area contributed by atoms with Gasteiger partial charge in [-0.1, -0.05) is 20.3 Å². The zero-order valence-corrected chi connectivity index (χ0v) is 13.9. The van der Waals surface area contributed by atoms with Crippen molar-refractivity contribution in [2.24, 2.45) is 16.8 Å². The highest BCUT2D eigenvalue weighted by Gasteiger charge is 2.24. The fourth-order valence-corrected chi connectivity index (χ4v) is 2.48. The standard InChI is InChI=1S/C16H33N3O2/c1-4-17-16(18-9-6-10-21-12-13(2)3)19-11-14-7-5-8-15(14)20/h13-15,20H,4-12H2,1-3H3,(H2,17,18,19). The Morgan fingerprint density at radius 2 is 2.14 bits per heavy atom. The Labute approximate surface area is 129 Å². The van der Waals surface area contributed by atoms with Crippen molar-refractivity contribution in [3.05, 3.63) is 0 Å². The summed E-state index contributed by atoms with van der Waals surface area (Å²) in [6.07, 6.45) is 3.95. The lowest BCUT2D eigenvalue weighted by molar-refractivity contribution is 0.108. The van der Waals surface area contributed by atoms with Crippen LogP contribution in [-0.4, -0.2) is 50.0 Å². The van der Waals surface area contributed by atoms with Gasteiger partial charge in [-0.2, -0.15) is 0 Å². The van der Waals surface area contributed by atoms with Gasteiger partial charge in [-0.3, -0.25) is 4.99 Å². The molecule has 1 aliphatic rings. The third-order valence-corrected chi connectivity index (χ3v) is 3.66. The lowest BCUT2D eigenvalue weighted by Gasteiger charge is -2.15. The molecule has 5 nitrogen and oxygen atoms in total. The molecule has 2 unspecified atom stereocenters. The summed E-state index contributed by atoms with van der Waals surface area (Å²) in [6, 6.07) is 0. The first kappa shape index (κ1) is 18.2. The number of nitrogens with one attached hydrogen (secondary N) is 2. The number of hydrogen-bond acceptors (Lipinski definition) is 3. The van der Waals surface area contributed by atoms with Crippen molar-refractivity contribution in [3.63, 3.8) is 0 Å². The van der Waals surface area contributed by atoms with Gasteiger partial charge in [0.25, 0.3) is 0 Å². The van der Waals surface area contributed by atoms with Crippen LogP contribution >= 0.6 is 0 Å². The van der Waals surface area contributed by atoms with Crippen LogP contribution in [0.3, 0.4) is 0 Å². The molecule has 3 N–H and O–H groups in total. The monoisotopic (exact) mass is 299 g/mol. The predicted molar refractivity (Wildman–Crippen MR) is 87.6 cm³/mol. The number of hydrogen-bond donors (Lipinski definition) is 3. The maximum Gasteiger partial charge on any atom is 0.191 e. The Hall–Kier alpha value is -0.810. The largest absolute Gasteiger partial charge is 0.393 e. The molecule has 1 rings (SSSR count). The molecule has 124 valence electrons. The second kappa shape index (κ2) is 10.9. The minimum atomic E-state index is -0.166. The lowest BCUT2D eigenvalue weighted by atomic mass is 10.1. The highest BCUT2D eigenvalue weighted by Crippen LogP contribution is 2.25. The Bertz CT molecular complexity index is 295. The van der Waals surface area contributed by atoms with E-state index in [4.69, 9.17) is 4.74 Å². The Kier molecular flexibility index (Phi) is 9.42. The molecule has 0 radical (unpaired) electrons. The third kappa shape index (κ3) is 8.27. The van der Waals surface area contributed by atoms with E-state index in [1.807, 2.05) is 0 Å². The zero-order valence-electron chi connectivity index (χ0n) is 13.9. The summed E-state index contributed by atoms with van der Waals surface area (Å²) in [6.45, 7) is 10.4. The van der Waals surface area contributed by atoms with Crippen molar-refractivity contribution in [1.82, 2.24) is 10.6 Å². The minimum absolute atomic E-state index is 0.166. The molecule has 1 saturated carbocycles. The topological polar surface area (TPSA) is 65.9 Å². The average Bonchev–Trinajstić information content (AvgIpc) is 2.85. The summed E-state index contributed by atoms with van der Waals surface area (Å²) in [4.78, 5) is 4.59. The minimum Gasteiger partial charge on any atom is -0.393 e. The van der Waals surface area contributed by atoms with E-state index in [9.17, 15) is 5.11 Å². The third-order valence-electron chi connectivity index (χ3n) is 3.66. The van der Waals surface area contributed by atoms with Crippen LogP contribution in [0.15, 0.2) is 4.99 Å². The second-order valence-corrected chi connectivity index (χ2v) is 6.23. The first-order chi connectivity index (χ1) is 10.1. The van der Waals surface area contributed by atoms with Gasteiger partial charge in [-0.25, -0.2) is 0 Å². The van der Waals surface area contributed by atoms with E-state index in [1.54, 1.807) is 0 Å². The number of aliphatic hydroxyl groups is 1. The molecule has 0 spiro atoms. The van der Waals surface area contributed by atoms with Crippen molar-refractivity contribution < 1.29 is 9.84 Å². The molecule has 0 aromatic heterocycles. The molecule has 0 amide bonds.